The van der Waals surface area contributed by atoms with Crippen LogP contribution in [-0.4, -0.2) is 27.8 Å². The van der Waals surface area contributed by atoms with E-state index in [1.165, 1.54) is 10.7 Å². The minimum Gasteiger partial charge on any atom is -0.497 e. The molecule has 2 heterocycles. The summed E-state index contributed by atoms with van der Waals surface area (Å²) >= 11 is 0. The molecule has 3 rings (SSSR count). The number of hydrogen-bond acceptors (Lipinski definition) is 5. The Morgan fingerprint density at radius 2 is 2.07 bits per heavy atom. The Labute approximate surface area is 156 Å². The number of carbonyl (C=O) groups is 1. The Bertz CT molecular complexity index is 970. The van der Waals surface area contributed by atoms with Gasteiger partial charge in [-0.3, -0.25) is 14.6 Å². The second-order valence-corrected chi connectivity index (χ2v) is 5.91. The summed E-state index contributed by atoms with van der Waals surface area (Å²) < 4.78 is 6.51. The van der Waals surface area contributed by atoms with E-state index in [2.05, 4.69) is 15.4 Å². The Kier molecular flexibility index (Phi) is 5.94. The van der Waals surface area contributed by atoms with Gasteiger partial charge in [0.15, 0.2) is 0 Å². The predicted octanol–water partition coefficient (Wildman–Crippen LogP) is 2.73. The lowest BCUT2D eigenvalue weighted by Gasteiger charge is -2.08. The summed E-state index contributed by atoms with van der Waals surface area (Å²) in [5.41, 5.74) is 1.98. The zero-order valence-corrected chi connectivity index (χ0v) is 15.0. The highest BCUT2D eigenvalue weighted by atomic mass is 16.5. The van der Waals surface area contributed by atoms with Crippen molar-refractivity contribution < 1.29 is 9.53 Å². The SMILES string of the molecule is COc1cccc(NC(=O)CCCn2nc(-c3cccnc3)ccc2=O)c1. The highest BCUT2D eigenvalue weighted by Crippen LogP contribution is 2.17. The number of amides is 1. The van der Waals surface area contributed by atoms with Gasteiger partial charge in [0.1, 0.15) is 5.75 Å². The number of aryl methyl sites for hydroxylation is 1. The molecule has 7 nitrogen and oxygen atoms in total. The maximum atomic E-state index is 12.1. The lowest BCUT2D eigenvalue weighted by Crippen LogP contribution is -2.23. The smallest absolute Gasteiger partial charge is 0.266 e. The van der Waals surface area contributed by atoms with Gasteiger partial charge in [-0.1, -0.05) is 6.07 Å². The van der Waals surface area contributed by atoms with Crippen molar-refractivity contribution in [2.75, 3.05) is 12.4 Å². The van der Waals surface area contributed by atoms with Crippen molar-refractivity contribution >= 4 is 11.6 Å². The van der Waals surface area contributed by atoms with Crippen molar-refractivity contribution in [3.8, 4) is 17.0 Å². The second-order valence-electron chi connectivity index (χ2n) is 5.91. The molecule has 0 spiro atoms. The van der Waals surface area contributed by atoms with Crippen LogP contribution in [0, 0.1) is 0 Å². The van der Waals surface area contributed by atoms with Crippen LogP contribution in [0.1, 0.15) is 12.8 Å². The molecule has 1 aromatic carbocycles. The maximum absolute atomic E-state index is 12.1. The first kappa shape index (κ1) is 18.3. The van der Waals surface area contributed by atoms with Crippen LogP contribution in [0.5, 0.6) is 5.75 Å². The van der Waals surface area contributed by atoms with Gasteiger partial charge >= 0.3 is 0 Å². The molecule has 138 valence electrons. The summed E-state index contributed by atoms with van der Waals surface area (Å²) in [5, 5.41) is 7.18. The number of carbonyl (C=O) groups excluding carboxylic acids is 1. The van der Waals surface area contributed by atoms with Gasteiger partial charge in [0.25, 0.3) is 5.56 Å². The van der Waals surface area contributed by atoms with Crippen LogP contribution in [0.3, 0.4) is 0 Å². The summed E-state index contributed by atoms with van der Waals surface area (Å²) in [4.78, 5) is 28.2. The lowest BCUT2D eigenvalue weighted by atomic mass is 10.2. The first-order chi connectivity index (χ1) is 13.2. The third-order valence-electron chi connectivity index (χ3n) is 3.95. The largest absolute Gasteiger partial charge is 0.497 e. The fourth-order valence-corrected chi connectivity index (χ4v) is 2.59. The molecule has 1 amide bonds. The van der Waals surface area contributed by atoms with Gasteiger partial charge in [-0.05, 0) is 36.8 Å². The summed E-state index contributed by atoms with van der Waals surface area (Å²) in [6.45, 7) is 0.360. The van der Waals surface area contributed by atoms with Crippen LogP contribution in [0.2, 0.25) is 0 Å². The molecule has 0 aliphatic rings. The molecule has 0 atom stereocenters. The predicted molar refractivity (Wildman–Crippen MR) is 103 cm³/mol. The maximum Gasteiger partial charge on any atom is 0.266 e. The molecule has 2 aromatic heterocycles. The number of anilines is 1. The number of benzene rings is 1. The fraction of sp³-hybridized carbons (Fsp3) is 0.200. The van der Waals surface area contributed by atoms with Crippen LogP contribution in [0.15, 0.2) is 65.7 Å². The summed E-state index contributed by atoms with van der Waals surface area (Å²) in [7, 11) is 1.57. The summed E-state index contributed by atoms with van der Waals surface area (Å²) in [5.74, 6) is 0.551. The zero-order valence-electron chi connectivity index (χ0n) is 15.0. The van der Waals surface area contributed by atoms with Crippen molar-refractivity contribution in [2.24, 2.45) is 0 Å². The van der Waals surface area contributed by atoms with Crippen molar-refractivity contribution in [1.29, 1.82) is 0 Å². The minimum absolute atomic E-state index is 0.125. The Hall–Kier alpha value is -3.48. The number of hydrogen-bond donors (Lipinski definition) is 1. The average molecular weight is 364 g/mol. The molecule has 0 unspecified atom stereocenters. The molecular formula is C20H20N4O3. The fourth-order valence-electron chi connectivity index (χ4n) is 2.59. The quantitative estimate of drug-likeness (QED) is 0.697. The van der Waals surface area contributed by atoms with Crippen molar-refractivity contribution in [3.05, 3.63) is 71.3 Å². The number of ether oxygens (including phenoxy) is 1. The van der Waals surface area contributed by atoms with E-state index >= 15 is 0 Å². The number of nitrogens with zero attached hydrogens (tertiary/aromatic N) is 3. The molecular weight excluding hydrogens is 344 g/mol. The highest BCUT2D eigenvalue weighted by Gasteiger charge is 2.06. The van der Waals surface area contributed by atoms with Gasteiger partial charge in [0.05, 0.1) is 12.8 Å². The van der Waals surface area contributed by atoms with E-state index in [0.717, 1.165) is 5.56 Å². The number of methoxy groups -OCH3 is 1. The van der Waals surface area contributed by atoms with E-state index in [1.807, 2.05) is 24.3 Å². The zero-order chi connectivity index (χ0) is 19.1. The van der Waals surface area contributed by atoms with Gasteiger partial charge in [0.2, 0.25) is 5.91 Å². The van der Waals surface area contributed by atoms with Crippen LogP contribution >= 0.6 is 0 Å². The molecule has 0 radical (unpaired) electrons. The topological polar surface area (TPSA) is 86.1 Å². The van der Waals surface area contributed by atoms with E-state index in [1.54, 1.807) is 37.7 Å². The molecule has 0 fully saturated rings. The molecule has 0 aliphatic carbocycles. The van der Waals surface area contributed by atoms with Crippen LogP contribution < -0.4 is 15.6 Å². The van der Waals surface area contributed by atoms with E-state index in [-0.39, 0.29) is 17.9 Å². The third kappa shape index (κ3) is 5.01. The van der Waals surface area contributed by atoms with Crippen molar-refractivity contribution in [1.82, 2.24) is 14.8 Å². The van der Waals surface area contributed by atoms with E-state index < -0.39 is 0 Å². The highest BCUT2D eigenvalue weighted by molar-refractivity contribution is 5.90. The van der Waals surface area contributed by atoms with Gasteiger partial charge in [0, 0.05) is 48.7 Å². The Balaban J connectivity index is 1.58. The van der Waals surface area contributed by atoms with Crippen molar-refractivity contribution in [3.63, 3.8) is 0 Å². The Morgan fingerprint density at radius 3 is 2.85 bits per heavy atom. The van der Waals surface area contributed by atoms with E-state index in [4.69, 9.17) is 4.74 Å². The van der Waals surface area contributed by atoms with Crippen LogP contribution in [0.4, 0.5) is 5.69 Å². The van der Waals surface area contributed by atoms with E-state index in [0.29, 0.717) is 30.1 Å². The minimum atomic E-state index is -0.198. The van der Waals surface area contributed by atoms with Crippen LogP contribution in [0.25, 0.3) is 11.3 Å². The molecule has 27 heavy (non-hydrogen) atoms. The Morgan fingerprint density at radius 1 is 1.19 bits per heavy atom. The number of nitrogens with one attached hydrogen (secondary N) is 1. The molecule has 0 saturated carbocycles. The molecule has 7 heteroatoms. The van der Waals surface area contributed by atoms with Gasteiger partial charge in [-0.25, -0.2) is 4.68 Å². The van der Waals surface area contributed by atoms with Gasteiger partial charge in [-0.15, -0.1) is 0 Å². The molecule has 0 saturated heterocycles. The summed E-state index contributed by atoms with van der Waals surface area (Å²) in [6.07, 6.45) is 4.15. The normalized spacial score (nSPS) is 10.4. The van der Waals surface area contributed by atoms with E-state index in [9.17, 15) is 9.59 Å². The monoisotopic (exact) mass is 364 g/mol. The molecule has 1 N–H and O–H groups in total. The van der Waals surface area contributed by atoms with Crippen molar-refractivity contribution in [2.45, 2.75) is 19.4 Å². The first-order valence-electron chi connectivity index (χ1n) is 8.58. The molecule has 0 aliphatic heterocycles. The second kappa shape index (κ2) is 8.75. The summed E-state index contributed by atoms with van der Waals surface area (Å²) in [6, 6.07) is 14.0. The standard InChI is InChI=1S/C20H20N4O3/c1-27-17-7-2-6-16(13-17)22-19(25)8-4-12-24-20(26)10-9-18(23-24)15-5-3-11-21-14-15/h2-3,5-7,9-11,13-14H,4,8,12H2,1H3,(H,22,25). The lowest BCUT2D eigenvalue weighted by molar-refractivity contribution is -0.116. The number of aromatic nitrogens is 3. The van der Waals surface area contributed by atoms with Gasteiger partial charge < -0.3 is 10.1 Å². The molecule has 3 aromatic rings. The number of rotatable bonds is 7. The van der Waals surface area contributed by atoms with Crippen LogP contribution in [-0.2, 0) is 11.3 Å². The van der Waals surface area contributed by atoms with Gasteiger partial charge in [-0.2, -0.15) is 5.10 Å². The number of pyridine rings is 1. The third-order valence-corrected chi connectivity index (χ3v) is 3.95. The average Bonchev–Trinajstić information content (AvgIpc) is 2.70. The molecule has 0 bridgehead atoms. The first-order valence-corrected chi connectivity index (χ1v) is 8.58.